The quantitative estimate of drug-likeness (QED) is 0.0282. The number of carbonyl (C=O) groups is 12. The van der Waals surface area contributed by atoms with E-state index < -0.39 is 95.4 Å². The van der Waals surface area contributed by atoms with Crippen LogP contribution in [0.5, 0.6) is 0 Å². The number of carboxylic acid groups (broad SMARTS) is 2. The maximum Gasteiger partial charge on any atom is 0.303 e. The van der Waals surface area contributed by atoms with Crippen molar-refractivity contribution in [2.75, 3.05) is 91.4 Å². The molecule has 0 heterocycles. The Morgan fingerprint density at radius 1 is 0.400 bits per heavy atom. The third-order valence-corrected chi connectivity index (χ3v) is 14.4. The highest BCUT2D eigenvalue weighted by Gasteiger charge is 2.26. The van der Waals surface area contributed by atoms with Crippen LogP contribution in [0.3, 0.4) is 0 Å². The van der Waals surface area contributed by atoms with Crippen molar-refractivity contribution in [1.82, 2.24) is 53.2 Å². The molecule has 4 amide bonds. The van der Waals surface area contributed by atoms with E-state index in [9.17, 15) is 82.8 Å². The largest absolute Gasteiger partial charge is 0.481 e. The van der Waals surface area contributed by atoms with Gasteiger partial charge in [-0.05, 0) is 137 Å². The maximum atomic E-state index is 12.1. The van der Waals surface area contributed by atoms with Crippen molar-refractivity contribution in [1.29, 1.82) is 0 Å². The van der Waals surface area contributed by atoms with Crippen LogP contribution in [0.4, 0.5) is 0 Å². The van der Waals surface area contributed by atoms with Crippen molar-refractivity contribution < 1.29 is 93.0 Å². The number of nitrogens with two attached hydrogens (primary N) is 1. The van der Waals surface area contributed by atoms with Gasteiger partial charge in [0.05, 0.1) is 72.1 Å². The van der Waals surface area contributed by atoms with Gasteiger partial charge in [0.2, 0.25) is 23.6 Å². The van der Waals surface area contributed by atoms with Crippen LogP contribution >= 0.6 is 0 Å². The van der Waals surface area contributed by atoms with Gasteiger partial charge in [-0.15, -0.1) is 0 Å². The van der Waals surface area contributed by atoms with Gasteiger partial charge in [0.1, 0.15) is 58.7 Å². The number of carbonyl (C=O) groups excluding carboxylic acids is 10. The second-order valence-corrected chi connectivity index (χ2v) is 26.4. The van der Waals surface area contributed by atoms with E-state index in [4.69, 9.17) is 15.9 Å². The predicted octanol–water partition coefficient (Wildman–Crippen LogP) is -4.40. The minimum Gasteiger partial charge on any atom is -0.481 e. The number of nitrogens with one attached hydrogen (secondary N) is 10. The van der Waals surface area contributed by atoms with Crippen molar-refractivity contribution in [3.05, 3.63) is 0 Å². The predicted molar refractivity (Wildman–Crippen MR) is 323 cm³/mol. The van der Waals surface area contributed by atoms with Crippen molar-refractivity contribution in [2.45, 2.75) is 162 Å². The first-order valence-electron chi connectivity index (χ1n) is 26.7. The number of sulfone groups is 3. The molecule has 0 aliphatic carbocycles. The fraction of sp³-hybridized carbons (Fsp3) is 0.765. The van der Waals surface area contributed by atoms with Crippen molar-refractivity contribution in [3.63, 3.8) is 0 Å². The second-order valence-electron chi connectivity index (χ2n) is 19.7. The standard InChI is InChI=1S/C13H23N3O5.C12H24N2O6S2.C9H16N2O4.C7H15NO3S.C5H12N2O.C5H11NO/c1-7(9(3)17)15-12(20)8(2)16-13(21)10(14-4)5-6-11(18)19;1-9(15)10(5-7-21(3,17)18)14-12(16)11(13-2)6-8-22(4,19)20;1-6(12)5-11-9(15)7(10-2)3-4-8(13)14;1-6(9)7(8-2)4-5-12(3,10)11;1-4(8)5(6)3-7-2;1-4(6-3)5(2)7/h7-8,10,14H,5-6H2,1-4H3,(H,15,20)(H,16,21)(H,18,19);10-11,13H,5-8H2,1-4H3,(H,14,16);7,10H,3-5H2,1-2H3,(H,11,15)(H,13,14);7-8H,4-5H2,1-3H3;5,7H,3,6H2,1-2H3;4,6H,1-3H3/t7-,8-,10-;10-,11-;2*7-;5-;4-/m001010/s1. The number of likely N-dealkylation sites (N-methyl/N-ethyl adjacent to an activating group) is 6. The average molecular weight is 1280 g/mol. The Morgan fingerprint density at radius 3 is 1.00 bits per heavy atom. The normalized spacial score (nSPS) is 14.0. The molecule has 0 aromatic rings. The minimum atomic E-state index is -3.24. The van der Waals surface area contributed by atoms with E-state index in [0.717, 1.165) is 12.5 Å². The highest BCUT2D eigenvalue weighted by atomic mass is 32.2. The van der Waals surface area contributed by atoms with Crippen LogP contribution < -0.4 is 58.9 Å². The van der Waals surface area contributed by atoms with E-state index in [0.29, 0.717) is 13.0 Å². The number of Topliss-reactive ketones (excluding diaryl/α,β-unsaturated/α-hetero) is 6. The molecule has 14 N–H and O–H groups in total. The Morgan fingerprint density at radius 2 is 0.729 bits per heavy atom. The zero-order chi connectivity index (χ0) is 68.2. The summed E-state index contributed by atoms with van der Waals surface area (Å²) in [7, 11) is 0.394. The van der Waals surface area contributed by atoms with Gasteiger partial charge >= 0.3 is 11.9 Å². The van der Waals surface area contributed by atoms with E-state index in [1.54, 1.807) is 42.0 Å². The molecule has 0 rings (SSSR count). The van der Waals surface area contributed by atoms with Gasteiger partial charge in [0.25, 0.3) is 0 Å². The monoisotopic (exact) mass is 1280 g/mol. The van der Waals surface area contributed by atoms with Gasteiger partial charge in [0, 0.05) is 38.2 Å². The lowest BCUT2D eigenvalue weighted by atomic mass is 10.1. The fourth-order valence-electron chi connectivity index (χ4n) is 5.67. The number of carboxylic acids is 2. The molecule has 0 fully saturated rings. The highest BCUT2D eigenvalue weighted by Crippen LogP contribution is 2.03. The summed E-state index contributed by atoms with van der Waals surface area (Å²) in [5.41, 5.74) is 5.31. The molecule has 0 bridgehead atoms. The van der Waals surface area contributed by atoms with Crippen LogP contribution in [-0.2, 0) is 87.0 Å². The lowest BCUT2D eigenvalue weighted by Crippen LogP contribution is -2.53. The van der Waals surface area contributed by atoms with Crippen LogP contribution in [0.2, 0.25) is 0 Å². The zero-order valence-electron chi connectivity index (χ0n) is 52.7. The molecular formula is C51H101N11O20S3. The summed E-state index contributed by atoms with van der Waals surface area (Å²) in [5.74, 6) is -4.59. The summed E-state index contributed by atoms with van der Waals surface area (Å²) in [4.78, 5) is 133. The molecular weight excluding hydrogens is 1180 g/mol. The molecule has 0 saturated heterocycles. The number of amides is 4. The topological polar surface area (TPSA) is 494 Å². The van der Waals surface area contributed by atoms with Gasteiger partial charge < -0.3 is 69.1 Å². The first-order chi connectivity index (χ1) is 38.7. The summed E-state index contributed by atoms with van der Waals surface area (Å²) >= 11 is 0. The second kappa shape index (κ2) is 49.5. The van der Waals surface area contributed by atoms with Gasteiger partial charge in [-0.1, -0.05) is 0 Å². The number of hydrogen-bond donors (Lipinski definition) is 13. The zero-order valence-corrected chi connectivity index (χ0v) is 55.2. The van der Waals surface area contributed by atoms with Crippen molar-refractivity contribution >= 4 is 99.8 Å². The lowest BCUT2D eigenvalue weighted by Gasteiger charge is -2.20. The maximum absolute atomic E-state index is 12.1. The molecule has 0 aromatic heterocycles. The number of ketones is 6. The Bertz CT molecular complexity index is 2450. The number of rotatable bonds is 36. The fourth-order valence-corrected chi connectivity index (χ4v) is 7.66. The van der Waals surface area contributed by atoms with Crippen LogP contribution in [0, 0.1) is 0 Å². The molecule has 0 spiro atoms. The van der Waals surface area contributed by atoms with E-state index in [-0.39, 0.29) is 121 Å². The average Bonchev–Trinajstić information content (AvgIpc) is 3.40. The molecule has 0 saturated carbocycles. The Kier molecular flexibility index (Phi) is 52.8. The van der Waals surface area contributed by atoms with E-state index in [1.807, 2.05) is 6.92 Å². The molecule has 31 nitrogen and oxygen atoms in total. The Labute approximate surface area is 502 Å². The molecule has 0 unspecified atom stereocenters. The van der Waals surface area contributed by atoms with Gasteiger partial charge in [-0.25, -0.2) is 25.3 Å². The molecule has 498 valence electrons. The molecule has 34 heteroatoms. The van der Waals surface area contributed by atoms with Crippen molar-refractivity contribution in [3.8, 4) is 0 Å². The first kappa shape index (κ1) is 90.6. The molecule has 0 aromatic carbocycles. The third kappa shape index (κ3) is 58.6. The molecule has 0 aliphatic heterocycles. The van der Waals surface area contributed by atoms with Crippen LogP contribution in [0.15, 0.2) is 0 Å². The van der Waals surface area contributed by atoms with E-state index >= 15 is 0 Å². The summed E-state index contributed by atoms with van der Waals surface area (Å²) in [5, 5.41) is 43.3. The molecule has 85 heavy (non-hydrogen) atoms. The molecule has 0 aliphatic rings. The summed E-state index contributed by atoms with van der Waals surface area (Å²) < 4.78 is 66.0. The van der Waals surface area contributed by atoms with E-state index in [1.165, 1.54) is 61.9 Å². The van der Waals surface area contributed by atoms with Crippen molar-refractivity contribution in [2.24, 2.45) is 5.73 Å². The summed E-state index contributed by atoms with van der Waals surface area (Å²) in [6, 6.07) is -5.03. The van der Waals surface area contributed by atoms with Crippen LogP contribution in [-0.4, -0.2) is 252 Å². The molecule has 0 radical (unpaired) electrons. The lowest BCUT2D eigenvalue weighted by molar-refractivity contribution is -0.138. The highest BCUT2D eigenvalue weighted by molar-refractivity contribution is 7.91. The number of hydrogen-bond acceptors (Lipinski definition) is 25. The Balaban J connectivity index is -0.000000230. The van der Waals surface area contributed by atoms with Crippen LogP contribution in [0.1, 0.15) is 107 Å². The first-order valence-corrected chi connectivity index (χ1v) is 32.9. The van der Waals surface area contributed by atoms with Gasteiger partial charge in [0.15, 0.2) is 11.6 Å². The van der Waals surface area contributed by atoms with E-state index in [2.05, 4.69) is 53.2 Å². The minimum absolute atomic E-state index is 0.0115. The summed E-state index contributed by atoms with van der Waals surface area (Å²) in [6.45, 7) is 13.9. The summed E-state index contributed by atoms with van der Waals surface area (Å²) in [6.07, 6.45) is 3.78. The Hall–Kier alpha value is -5.59. The number of aliphatic carboxylic acids is 2. The smallest absolute Gasteiger partial charge is 0.303 e. The molecule has 9 atom stereocenters. The van der Waals surface area contributed by atoms with Gasteiger partial charge in [-0.3, -0.25) is 57.5 Å². The third-order valence-electron chi connectivity index (χ3n) is 11.5. The SMILES string of the molecule is CNC[C@@H](N)C(C)=O.CN[C@@H](C)C(C)=O.CN[C@@H](CCC(=O)O)C(=O)N[C@@H](C)C(=O)N[C@@H](C)C(C)=O.CN[C@@H](CCS(C)(=O)=O)C(=O)N[C@@H](CCS(C)(=O)=O)C(C)=O.CN[C@@H](CCS(C)(=O)=O)C(C)=O.CN[C@H](CCC(=O)O)C(=O)NCC(C)=O. The van der Waals surface area contributed by atoms with Gasteiger partial charge in [-0.2, -0.15) is 0 Å². The van der Waals surface area contributed by atoms with Crippen LogP contribution in [0.25, 0.3) is 0 Å².